The number of aromatic amines is 1. The Balaban J connectivity index is 1.18. The summed E-state index contributed by atoms with van der Waals surface area (Å²) in [5, 5.41) is 15.3. The number of nitrogens with zero attached hydrogens (tertiary/aromatic N) is 2. The van der Waals surface area contributed by atoms with Crippen LogP contribution in [0.3, 0.4) is 0 Å². The number of nitrogens with one attached hydrogen (secondary N) is 2. The van der Waals surface area contributed by atoms with Crippen molar-refractivity contribution in [3.05, 3.63) is 83.7 Å². The van der Waals surface area contributed by atoms with Gasteiger partial charge in [0.25, 0.3) is 0 Å². The topological polar surface area (TPSA) is 108 Å². The Morgan fingerprint density at radius 3 is 2.49 bits per heavy atom. The summed E-state index contributed by atoms with van der Waals surface area (Å²) in [7, 11) is 1.31. The van der Waals surface area contributed by atoms with E-state index in [0.717, 1.165) is 46.9 Å². The maximum absolute atomic E-state index is 13.7. The van der Waals surface area contributed by atoms with Crippen molar-refractivity contribution in [2.24, 2.45) is 5.92 Å². The van der Waals surface area contributed by atoms with Crippen LogP contribution >= 0.6 is 0 Å². The zero-order valence-electron chi connectivity index (χ0n) is 28.5. The first-order valence-corrected chi connectivity index (χ1v) is 17.8. The first-order valence-electron chi connectivity index (χ1n) is 17.8. The Hall–Kier alpha value is -4.85. The molecule has 2 atom stereocenters. The van der Waals surface area contributed by atoms with E-state index in [1.54, 1.807) is 0 Å². The number of phenolic OH excluding ortho intramolecular Hbond substituents is 1. The molecule has 8 heteroatoms. The normalized spacial score (nSPS) is 18.9. The fourth-order valence-electron chi connectivity index (χ4n) is 9.11. The number of hydrogen-bond donors (Lipinski definition) is 3. The highest BCUT2D eigenvalue weighted by molar-refractivity contribution is 6.01. The second-order valence-electron chi connectivity index (χ2n) is 14.6. The fourth-order valence-corrected chi connectivity index (χ4v) is 9.11. The molecule has 252 valence electrons. The number of carbonyl (C=O) groups is 2. The molecule has 0 unspecified atom stereocenters. The standard InChI is InChI=1S/C41H44N4O4/c1-24(2)37(44-40(48)49-3)39(47)45-22-8-11-34(45)38-42-32-16-12-25(23-33(32)43-38)26-13-14-29(31-18-21-41(36(26)31)19-6-7-20-41)28-15-17-35(46)30-10-5-4-9-27(28)30/h4-5,9-10,12-17,23-24,34,37,46H,6-8,11,18-22H2,1-3H3,(H,42,43)(H,44,48)/t34-,37-/m0/s1. The summed E-state index contributed by atoms with van der Waals surface area (Å²) < 4.78 is 4.80. The van der Waals surface area contributed by atoms with Crippen LogP contribution in [0.1, 0.15) is 81.8 Å². The molecule has 2 fully saturated rings. The van der Waals surface area contributed by atoms with E-state index < -0.39 is 12.1 Å². The number of carbonyl (C=O) groups excluding carboxylic acids is 2. The lowest BCUT2D eigenvalue weighted by atomic mass is 9.76. The highest BCUT2D eigenvalue weighted by atomic mass is 16.5. The molecule has 2 amide bonds. The summed E-state index contributed by atoms with van der Waals surface area (Å²) in [5.41, 5.74) is 9.91. The van der Waals surface area contributed by atoms with Gasteiger partial charge >= 0.3 is 6.09 Å². The van der Waals surface area contributed by atoms with Crippen LogP contribution in [0.2, 0.25) is 0 Å². The van der Waals surface area contributed by atoms with Gasteiger partial charge in [0, 0.05) is 11.9 Å². The Labute approximate surface area is 286 Å². The highest BCUT2D eigenvalue weighted by Crippen LogP contribution is 2.55. The lowest BCUT2D eigenvalue weighted by Crippen LogP contribution is -2.51. The molecule has 4 aromatic carbocycles. The van der Waals surface area contributed by atoms with E-state index in [9.17, 15) is 14.7 Å². The second-order valence-corrected chi connectivity index (χ2v) is 14.6. The van der Waals surface area contributed by atoms with Gasteiger partial charge in [0.2, 0.25) is 5.91 Å². The van der Waals surface area contributed by atoms with Gasteiger partial charge in [0.05, 0.1) is 24.2 Å². The van der Waals surface area contributed by atoms with Crippen LogP contribution in [-0.4, -0.2) is 51.7 Å². The van der Waals surface area contributed by atoms with E-state index in [2.05, 4.69) is 58.8 Å². The predicted molar refractivity (Wildman–Crippen MR) is 192 cm³/mol. The molecule has 8 nitrogen and oxygen atoms in total. The summed E-state index contributed by atoms with van der Waals surface area (Å²) in [4.78, 5) is 36.2. The first-order chi connectivity index (χ1) is 23.8. The molecule has 1 saturated carbocycles. The number of imidazole rings is 1. The van der Waals surface area contributed by atoms with Crippen LogP contribution < -0.4 is 5.32 Å². The number of benzene rings is 4. The van der Waals surface area contributed by atoms with Crippen molar-refractivity contribution in [3.8, 4) is 28.0 Å². The number of likely N-dealkylation sites (tertiary alicyclic amines) is 1. The molecule has 5 aromatic rings. The molecule has 0 radical (unpaired) electrons. The number of phenols is 1. The SMILES string of the molecule is COC(=O)N[C@H](C(=O)N1CCC[C@H]1c1nc2ccc(-c3ccc(-c4ccc(O)c5ccccc45)c4c3C3(CCCC3)CC4)cc2[nH]1)C(C)C. The van der Waals surface area contributed by atoms with Crippen molar-refractivity contribution >= 4 is 33.8 Å². The van der Waals surface area contributed by atoms with E-state index in [-0.39, 0.29) is 23.3 Å². The van der Waals surface area contributed by atoms with Gasteiger partial charge in [-0.25, -0.2) is 9.78 Å². The van der Waals surface area contributed by atoms with Gasteiger partial charge in [-0.2, -0.15) is 0 Å². The minimum Gasteiger partial charge on any atom is -0.507 e. The number of aromatic nitrogens is 2. The summed E-state index contributed by atoms with van der Waals surface area (Å²) in [6, 6.07) is 22.3. The minimum absolute atomic E-state index is 0.0879. The Bertz CT molecular complexity index is 2090. The van der Waals surface area contributed by atoms with Crippen LogP contribution in [0.15, 0.2) is 66.7 Å². The average Bonchev–Trinajstić information content (AvgIpc) is 3.94. The minimum atomic E-state index is -0.670. The zero-order chi connectivity index (χ0) is 33.9. The molecule has 1 saturated heterocycles. The molecular weight excluding hydrogens is 612 g/mol. The number of methoxy groups -OCH3 is 1. The van der Waals surface area contributed by atoms with Crippen molar-refractivity contribution in [1.82, 2.24) is 20.2 Å². The maximum atomic E-state index is 13.7. The van der Waals surface area contributed by atoms with Crippen molar-refractivity contribution in [2.45, 2.75) is 82.7 Å². The van der Waals surface area contributed by atoms with E-state index in [1.165, 1.54) is 72.6 Å². The molecule has 2 heterocycles. The van der Waals surface area contributed by atoms with E-state index >= 15 is 0 Å². The van der Waals surface area contributed by atoms with Crippen LogP contribution in [0.5, 0.6) is 5.75 Å². The van der Waals surface area contributed by atoms with Gasteiger partial charge in [0.15, 0.2) is 0 Å². The van der Waals surface area contributed by atoms with Gasteiger partial charge in [-0.3, -0.25) is 4.79 Å². The smallest absolute Gasteiger partial charge is 0.407 e. The number of aromatic hydroxyl groups is 1. The lowest BCUT2D eigenvalue weighted by Gasteiger charge is -2.29. The van der Waals surface area contributed by atoms with Gasteiger partial charge in [0.1, 0.15) is 17.6 Å². The molecule has 49 heavy (non-hydrogen) atoms. The summed E-state index contributed by atoms with van der Waals surface area (Å²) >= 11 is 0. The Kier molecular flexibility index (Phi) is 7.85. The summed E-state index contributed by atoms with van der Waals surface area (Å²) in [6.45, 7) is 4.48. The van der Waals surface area contributed by atoms with E-state index in [4.69, 9.17) is 9.72 Å². The Morgan fingerprint density at radius 1 is 0.959 bits per heavy atom. The van der Waals surface area contributed by atoms with Crippen LogP contribution in [0.25, 0.3) is 44.1 Å². The molecular formula is C41H44N4O4. The van der Waals surface area contributed by atoms with E-state index in [1.807, 2.05) is 36.9 Å². The van der Waals surface area contributed by atoms with Crippen molar-refractivity contribution in [3.63, 3.8) is 0 Å². The number of hydrogen-bond acceptors (Lipinski definition) is 5. The average molecular weight is 657 g/mol. The summed E-state index contributed by atoms with van der Waals surface area (Å²) in [5.74, 6) is 0.901. The molecule has 1 aliphatic heterocycles. The van der Waals surface area contributed by atoms with Gasteiger partial charge in [-0.15, -0.1) is 0 Å². The van der Waals surface area contributed by atoms with Crippen molar-refractivity contribution in [2.75, 3.05) is 13.7 Å². The molecule has 3 N–H and O–H groups in total. The quantitative estimate of drug-likeness (QED) is 0.170. The zero-order valence-corrected chi connectivity index (χ0v) is 28.5. The number of rotatable bonds is 6. The first kappa shape index (κ1) is 31.4. The molecule has 0 bridgehead atoms. The van der Waals surface area contributed by atoms with Crippen LogP contribution in [-0.2, 0) is 21.4 Å². The van der Waals surface area contributed by atoms with Gasteiger partial charge in [-0.1, -0.05) is 75.2 Å². The van der Waals surface area contributed by atoms with Crippen molar-refractivity contribution < 1.29 is 19.4 Å². The van der Waals surface area contributed by atoms with Crippen LogP contribution in [0, 0.1) is 5.92 Å². The number of alkyl carbamates (subject to hydrolysis) is 1. The van der Waals surface area contributed by atoms with Gasteiger partial charge in [-0.05, 0) is 107 Å². The van der Waals surface area contributed by atoms with E-state index in [0.29, 0.717) is 12.3 Å². The van der Waals surface area contributed by atoms with Crippen molar-refractivity contribution in [1.29, 1.82) is 0 Å². The number of amides is 2. The third-order valence-electron chi connectivity index (χ3n) is 11.5. The van der Waals surface area contributed by atoms with Crippen LogP contribution in [0.4, 0.5) is 4.79 Å². The monoisotopic (exact) mass is 656 g/mol. The third-order valence-corrected chi connectivity index (χ3v) is 11.5. The predicted octanol–water partition coefficient (Wildman–Crippen LogP) is 8.56. The fraction of sp³-hybridized carbons (Fsp3) is 0.390. The maximum Gasteiger partial charge on any atom is 0.407 e. The third kappa shape index (κ3) is 5.23. The molecule has 3 aliphatic rings. The largest absolute Gasteiger partial charge is 0.507 e. The number of ether oxygens (including phenoxy) is 1. The summed E-state index contributed by atoms with van der Waals surface area (Å²) in [6.07, 6.45) is 8.27. The van der Waals surface area contributed by atoms with Gasteiger partial charge < -0.3 is 25.0 Å². The lowest BCUT2D eigenvalue weighted by molar-refractivity contribution is -0.135. The molecule has 1 spiro atoms. The second kappa shape index (κ2) is 12.2. The highest BCUT2D eigenvalue weighted by Gasteiger charge is 2.44. The number of H-pyrrole nitrogens is 1. The molecule has 8 rings (SSSR count). The Morgan fingerprint density at radius 2 is 1.71 bits per heavy atom. The molecule has 1 aromatic heterocycles. The number of fused-ring (bicyclic) bond motifs is 4. The molecule has 2 aliphatic carbocycles.